The Labute approximate surface area is 181 Å². The summed E-state index contributed by atoms with van der Waals surface area (Å²) in [6.45, 7) is 4.90. The molecular formula is C23H29N5O3. The number of benzene rings is 1. The minimum atomic E-state index is 0.227. The standard InChI is InChI=1S/C23H29N5O3/c29-14-17-3-1-7-28(13-17)23-19(12-24-4-2-6-27-8-5-25-15-27)9-18-10-21-22(31-16-30-21)11-20(18)26-23/h5,8-11,15,17,24,29H,1-4,6-7,12-14,16H2/t17-/m0/s1. The molecular weight excluding hydrogens is 394 g/mol. The van der Waals surface area contributed by atoms with E-state index in [1.54, 1.807) is 0 Å². The van der Waals surface area contributed by atoms with E-state index in [1.807, 2.05) is 30.9 Å². The molecule has 0 aliphatic carbocycles. The number of nitrogens with one attached hydrogen (secondary N) is 1. The Morgan fingerprint density at radius 2 is 2.10 bits per heavy atom. The highest BCUT2D eigenvalue weighted by Gasteiger charge is 2.24. The number of nitrogens with zero attached hydrogens (tertiary/aromatic N) is 4. The summed E-state index contributed by atoms with van der Waals surface area (Å²) < 4.78 is 13.2. The van der Waals surface area contributed by atoms with E-state index >= 15 is 0 Å². The predicted molar refractivity (Wildman–Crippen MR) is 118 cm³/mol. The van der Waals surface area contributed by atoms with Crippen LogP contribution in [0.15, 0.2) is 36.9 Å². The van der Waals surface area contributed by atoms with E-state index in [4.69, 9.17) is 14.5 Å². The van der Waals surface area contributed by atoms with Crippen molar-refractivity contribution in [1.29, 1.82) is 0 Å². The number of aryl methyl sites for hydroxylation is 1. The highest BCUT2D eigenvalue weighted by atomic mass is 16.7. The highest BCUT2D eigenvalue weighted by Crippen LogP contribution is 2.37. The predicted octanol–water partition coefficient (Wildman–Crippen LogP) is 2.55. The number of aliphatic hydroxyl groups excluding tert-OH is 1. The lowest BCUT2D eigenvalue weighted by atomic mass is 9.98. The molecule has 1 aromatic carbocycles. The molecule has 1 atom stereocenters. The van der Waals surface area contributed by atoms with Crippen LogP contribution < -0.4 is 19.7 Å². The third-order valence-corrected chi connectivity index (χ3v) is 6.09. The van der Waals surface area contributed by atoms with Crippen molar-refractivity contribution in [1.82, 2.24) is 19.9 Å². The Kier molecular flexibility index (Phi) is 5.90. The minimum absolute atomic E-state index is 0.227. The first-order valence-electron chi connectivity index (χ1n) is 11.1. The number of ether oxygens (including phenoxy) is 2. The van der Waals surface area contributed by atoms with Crippen LogP contribution in [0.5, 0.6) is 11.5 Å². The highest BCUT2D eigenvalue weighted by molar-refractivity contribution is 5.85. The molecule has 8 nitrogen and oxygen atoms in total. The summed E-state index contributed by atoms with van der Waals surface area (Å²) in [4.78, 5) is 11.5. The number of imidazole rings is 1. The molecule has 0 amide bonds. The second-order valence-corrected chi connectivity index (χ2v) is 8.34. The topological polar surface area (TPSA) is 84.7 Å². The summed E-state index contributed by atoms with van der Waals surface area (Å²) in [6, 6.07) is 6.20. The Balaban J connectivity index is 1.36. The molecule has 1 fully saturated rings. The summed E-state index contributed by atoms with van der Waals surface area (Å²) in [5, 5.41) is 14.3. The average Bonchev–Trinajstić information content (AvgIpc) is 3.48. The van der Waals surface area contributed by atoms with Gasteiger partial charge in [0.2, 0.25) is 6.79 Å². The van der Waals surface area contributed by atoms with Crippen molar-refractivity contribution in [2.24, 2.45) is 5.92 Å². The first-order chi connectivity index (χ1) is 15.3. The van der Waals surface area contributed by atoms with Crippen molar-refractivity contribution >= 4 is 16.7 Å². The number of rotatable bonds is 8. The molecule has 0 unspecified atom stereocenters. The summed E-state index contributed by atoms with van der Waals surface area (Å²) >= 11 is 0. The van der Waals surface area contributed by atoms with Gasteiger partial charge in [0.15, 0.2) is 11.5 Å². The fraction of sp³-hybridized carbons (Fsp3) is 0.478. The van der Waals surface area contributed by atoms with Crippen molar-refractivity contribution in [2.75, 3.05) is 37.9 Å². The molecule has 164 valence electrons. The van der Waals surface area contributed by atoms with Gasteiger partial charge in [-0.3, -0.25) is 0 Å². The maximum Gasteiger partial charge on any atom is 0.231 e. The van der Waals surface area contributed by atoms with Crippen molar-refractivity contribution in [3.05, 3.63) is 42.5 Å². The van der Waals surface area contributed by atoms with Crippen LogP contribution in [0.1, 0.15) is 24.8 Å². The molecule has 0 spiro atoms. The van der Waals surface area contributed by atoms with Crippen molar-refractivity contribution in [2.45, 2.75) is 32.4 Å². The van der Waals surface area contributed by atoms with Gasteiger partial charge in [0.25, 0.3) is 0 Å². The SMILES string of the molecule is OC[C@H]1CCCN(c2nc3cc4c(cc3cc2CNCCCn2ccnc2)OCO4)C1. The number of hydrogen-bond donors (Lipinski definition) is 2. The molecule has 2 aliphatic rings. The van der Waals surface area contributed by atoms with Crippen molar-refractivity contribution in [3.63, 3.8) is 0 Å². The molecule has 0 bridgehead atoms. The molecule has 5 rings (SSSR count). The van der Waals surface area contributed by atoms with Gasteiger partial charge in [-0.25, -0.2) is 9.97 Å². The Bertz CT molecular complexity index is 1020. The maximum absolute atomic E-state index is 9.69. The van der Waals surface area contributed by atoms with Crippen LogP contribution in [-0.4, -0.2) is 52.7 Å². The molecule has 2 N–H and O–H groups in total. The van der Waals surface area contributed by atoms with Crippen LogP contribution in [0.3, 0.4) is 0 Å². The zero-order chi connectivity index (χ0) is 21.0. The van der Waals surface area contributed by atoms with E-state index in [1.165, 1.54) is 5.56 Å². The quantitative estimate of drug-likeness (QED) is 0.539. The monoisotopic (exact) mass is 423 g/mol. The number of anilines is 1. The molecule has 2 aromatic heterocycles. The van der Waals surface area contributed by atoms with Gasteiger partial charge in [-0.1, -0.05) is 0 Å². The lowest BCUT2D eigenvalue weighted by Gasteiger charge is -2.34. The minimum Gasteiger partial charge on any atom is -0.454 e. The van der Waals surface area contributed by atoms with Gasteiger partial charge < -0.3 is 29.4 Å². The fourth-order valence-electron chi connectivity index (χ4n) is 4.44. The number of aliphatic hydroxyl groups is 1. The number of aromatic nitrogens is 3. The zero-order valence-electron chi connectivity index (χ0n) is 17.7. The third-order valence-electron chi connectivity index (χ3n) is 6.09. The van der Waals surface area contributed by atoms with E-state index < -0.39 is 0 Å². The maximum atomic E-state index is 9.69. The van der Waals surface area contributed by atoms with Crippen LogP contribution in [0.2, 0.25) is 0 Å². The molecule has 8 heteroatoms. The number of hydrogen-bond acceptors (Lipinski definition) is 7. The third kappa shape index (κ3) is 4.45. The lowest BCUT2D eigenvalue weighted by molar-refractivity contribution is 0.174. The normalized spacial score (nSPS) is 18.1. The van der Waals surface area contributed by atoms with Gasteiger partial charge in [0, 0.05) is 62.2 Å². The zero-order valence-corrected chi connectivity index (χ0v) is 17.7. The number of fused-ring (bicyclic) bond motifs is 2. The molecule has 31 heavy (non-hydrogen) atoms. The molecule has 0 saturated carbocycles. The summed E-state index contributed by atoms with van der Waals surface area (Å²) in [5.41, 5.74) is 2.09. The molecule has 4 heterocycles. The van der Waals surface area contributed by atoms with Gasteiger partial charge in [-0.2, -0.15) is 0 Å². The Hall–Kier alpha value is -2.84. The van der Waals surface area contributed by atoms with Gasteiger partial charge in [-0.15, -0.1) is 0 Å². The summed E-state index contributed by atoms with van der Waals surface area (Å²) in [7, 11) is 0. The van der Waals surface area contributed by atoms with Crippen LogP contribution in [-0.2, 0) is 13.1 Å². The van der Waals surface area contributed by atoms with E-state index in [0.29, 0.717) is 5.92 Å². The van der Waals surface area contributed by atoms with Gasteiger partial charge in [0.1, 0.15) is 5.82 Å². The smallest absolute Gasteiger partial charge is 0.231 e. The van der Waals surface area contributed by atoms with Gasteiger partial charge in [-0.05, 0) is 43.9 Å². The van der Waals surface area contributed by atoms with Gasteiger partial charge in [0.05, 0.1) is 11.8 Å². The molecule has 2 aliphatic heterocycles. The van der Waals surface area contributed by atoms with Crippen molar-refractivity contribution < 1.29 is 14.6 Å². The molecule has 0 radical (unpaired) electrons. The van der Waals surface area contributed by atoms with Gasteiger partial charge >= 0.3 is 0 Å². The van der Waals surface area contributed by atoms with E-state index in [-0.39, 0.29) is 13.4 Å². The average molecular weight is 424 g/mol. The first kappa shape index (κ1) is 20.1. The second-order valence-electron chi connectivity index (χ2n) is 8.34. The number of pyridine rings is 1. The van der Waals surface area contributed by atoms with Crippen LogP contribution >= 0.6 is 0 Å². The number of piperidine rings is 1. The van der Waals surface area contributed by atoms with E-state index in [2.05, 4.69) is 25.8 Å². The van der Waals surface area contributed by atoms with E-state index in [0.717, 1.165) is 80.2 Å². The summed E-state index contributed by atoms with van der Waals surface area (Å²) in [6.07, 6.45) is 8.82. The first-order valence-corrected chi connectivity index (χ1v) is 11.1. The summed E-state index contributed by atoms with van der Waals surface area (Å²) in [5.74, 6) is 2.84. The lowest BCUT2D eigenvalue weighted by Crippen LogP contribution is -2.38. The largest absolute Gasteiger partial charge is 0.454 e. The Morgan fingerprint density at radius 3 is 2.94 bits per heavy atom. The fourth-order valence-corrected chi connectivity index (χ4v) is 4.44. The Morgan fingerprint density at radius 1 is 1.19 bits per heavy atom. The van der Waals surface area contributed by atoms with Crippen LogP contribution in [0.4, 0.5) is 5.82 Å². The second kappa shape index (κ2) is 9.11. The van der Waals surface area contributed by atoms with Crippen LogP contribution in [0, 0.1) is 5.92 Å². The van der Waals surface area contributed by atoms with Crippen LogP contribution in [0.25, 0.3) is 10.9 Å². The molecule has 1 saturated heterocycles. The van der Waals surface area contributed by atoms with E-state index in [9.17, 15) is 5.11 Å². The van der Waals surface area contributed by atoms with Crippen molar-refractivity contribution in [3.8, 4) is 11.5 Å². The molecule has 3 aromatic rings.